The molecule has 4 fully saturated rings. The fourth-order valence-electron chi connectivity index (χ4n) is 9.57. The highest BCUT2D eigenvalue weighted by Crippen LogP contribution is 2.61. The Labute approximate surface area is 304 Å². The number of hydrogen-bond acceptors (Lipinski definition) is 5. The number of unbranched alkanes of at least 4 members (excludes halogenated alkanes) is 1. The van der Waals surface area contributed by atoms with Crippen LogP contribution in [-0.2, 0) is 33.9 Å². The maximum Gasteiger partial charge on any atom is 0.242 e. The van der Waals surface area contributed by atoms with Gasteiger partial charge in [0, 0.05) is 26.1 Å². The largest absolute Gasteiger partial charge is 0.350 e. The minimum absolute atomic E-state index is 0.0178. The molecule has 0 radical (unpaired) electrons. The average Bonchev–Trinajstić information content (AvgIpc) is 3.11. The van der Waals surface area contributed by atoms with Crippen molar-refractivity contribution in [3.05, 3.63) is 108 Å². The van der Waals surface area contributed by atoms with Gasteiger partial charge in [0.15, 0.2) is 0 Å². The molecule has 4 bridgehead atoms. The molecule has 7 rings (SSSR count). The molecule has 0 saturated heterocycles. The topological polar surface area (TPSA) is 122 Å². The maximum absolute atomic E-state index is 14.7. The van der Waals surface area contributed by atoms with Crippen LogP contribution >= 0.6 is 0 Å². The van der Waals surface area contributed by atoms with Crippen LogP contribution in [0.3, 0.4) is 0 Å². The Morgan fingerprint density at radius 1 is 0.706 bits per heavy atom. The zero-order chi connectivity index (χ0) is 35.6. The minimum atomic E-state index is -0.667. The van der Waals surface area contributed by atoms with Crippen molar-refractivity contribution >= 4 is 17.7 Å². The van der Waals surface area contributed by atoms with Crippen molar-refractivity contribution in [2.24, 2.45) is 34.6 Å². The molecule has 4 saturated carbocycles. The van der Waals surface area contributed by atoms with Gasteiger partial charge < -0.3 is 26.6 Å². The smallest absolute Gasteiger partial charge is 0.242 e. The predicted octanol–water partition coefficient (Wildman–Crippen LogP) is 5.83. The van der Waals surface area contributed by atoms with Gasteiger partial charge in [0.25, 0.3) is 0 Å². The molecule has 0 spiro atoms. The summed E-state index contributed by atoms with van der Waals surface area (Å²) in [5.41, 5.74) is 15.2. The van der Waals surface area contributed by atoms with Gasteiger partial charge in [0.05, 0.1) is 18.6 Å². The Balaban J connectivity index is 1.26. The zero-order valence-corrected chi connectivity index (χ0v) is 30.1. The first kappa shape index (κ1) is 36.8. The molecular formula is C43H57N5O3. The molecule has 3 amide bonds. The van der Waals surface area contributed by atoms with E-state index in [0.29, 0.717) is 38.9 Å². The molecule has 3 aromatic rings. The summed E-state index contributed by atoms with van der Waals surface area (Å²) in [4.78, 5) is 46.2. The van der Waals surface area contributed by atoms with Gasteiger partial charge in [-0.05, 0) is 104 Å². The molecule has 51 heavy (non-hydrogen) atoms. The highest BCUT2D eigenvalue weighted by atomic mass is 16.2. The van der Waals surface area contributed by atoms with Crippen LogP contribution in [0.5, 0.6) is 0 Å². The van der Waals surface area contributed by atoms with Crippen molar-refractivity contribution in [3.63, 3.8) is 0 Å². The Bertz CT molecular complexity index is 1490. The van der Waals surface area contributed by atoms with Crippen molar-refractivity contribution in [1.29, 1.82) is 0 Å². The number of benzene rings is 3. The number of nitrogens with zero attached hydrogens (tertiary/aromatic N) is 2. The zero-order valence-electron chi connectivity index (χ0n) is 30.1. The van der Waals surface area contributed by atoms with E-state index in [0.717, 1.165) is 66.5 Å². The summed E-state index contributed by atoms with van der Waals surface area (Å²) >= 11 is 0. The summed E-state index contributed by atoms with van der Waals surface area (Å²) in [6, 6.07) is 28.9. The number of amides is 3. The van der Waals surface area contributed by atoms with E-state index in [1.54, 1.807) is 4.90 Å². The number of nitrogens with two attached hydrogens (primary N) is 2. The normalized spacial score (nSPS) is 23.0. The molecule has 0 heterocycles. The third-order valence-electron chi connectivity index (χ3n) is 11.6. The van der Waals surface area contributed by atoms with Gasteiger partial charge in [-0.2, -0.15) is 0 Å². The van der Waals surface area contributed by atoms with Gasteiger partial charge in [-0.3, -0.25) is 14.4 Å². The number of rotatable bonds is 18. The first-order valence-corrected chi connectivity index (χ1v) is 19.2. The van der Waals surface area contributed by atoms with Crippen LogP contribution in [0.15, 0.2) is 91.0 Å². The fraction of sp³-hybridized carbons (Fsp3) is 0.512. The second-order valence-corrected chi connectivity index (χ2v) is 15.9. The second-order valence-electron chi connectivity index (χ2n) is 15.9. The van der Waals surface area contributed by atoms with Crippen LogP contribution in [0.2, 0.25) is 0 Å². The van der Waals surface area contributed by atoms with Crippen molar-refractivity contribution in [3.8, 4) is 0 Å². The van der Waals surface area contributed by atoms with Crippen molar-refractivity contribution in [2.75, 3.05) is 19.6 Å². The predicted molar refractivity (Wildman–Crippen MR) is 202 cm³/mol. The maximum atomic E-state index is 14.7. The minimum Gasteiger partial charge on any atom is -0.350 e. The van der Waals surface area contributed by atoms with Gasteiger partial charge >= 0.3 is 0 Å². The van der Waals surface area contributed by atoms with Gasteiger partial charge in [-0.25, -0.2) is 0 Å². The van der Waals surface area contributed by atoms with Crippen LogP contribution < -0.4 is 16.8 Å². The molecule has 3 aromatic carbocycles. The molecular weight excluding hydrogens is 635 g/mol. The quantitative estimate of drug-likeness (QED) is 0.145. The summed E-state index contributed by atoms with van der Waals surface area (Å²) < 4.78 is 0. The summed E-state index contributed by atoms with van der Waals surface area (Å²) in [6.07, 6.45) is 10.4. The van der Waals surface area contributed by atoms with Crippen LogP contribution in [0, 0.1) is 23.2 Å². The van der Waals surface area contributed by atoms with E-state index in [1.807, 2.05) is 95.9 Å². The highest BCUT2D eigenvalue weighted by molar-refractivity contribution is 5.86. The van der Waals surface area contributed by atoms with E-state index in [2.05, 4.69) is 5.32 Å². The lowest BCUT2D eigenvalue weighted by Crippen LogP contribution is -2.54. The number of carbonyl (C=O) groups is 3. The van der Waals surface area contributed by atoms with Gasteiger partial charge in [-0.1, -0.05) is 97.4 Å². The van der Waals surface area contributed by atoms with Crippen LogP contribution in [0.25, 0.3) is 0 Å². The van der Waals surface area contributed by atoms with Crippen LogP contribution in [-0.4, -0.2) is 59.2 Å². The molecule has 5 N–H and O–H groups in total. The Hall–Kier alpha value is -4.01. The number of hydrogen-bond donors (Lipinski definition) is 3. The van der Waals surface area contributed by atoms with Gasteiger partial charge in [0.1, 0.15) is 0 Å². The standard InChI is InChI=1S/C43H57N5O3/c44-19-11-10-18-39(45)42(51)46-38(23-32-12-4-1-5-13-32)30-48(40(49)27-43-24-35-20-36(25-43)22-37(21-35)26-43)31-41(50)47(28-33-14-6-2-7-15-33)29-34-16-8-3-9-17-34/h1-9,12-17,35-39H,10-11,18-31,44-45H2,(H,46,51)/t35?,36?,37?,38-,39-,43?/m0/s1. The average molecular weight is 692 g/mol. The second kappa shape index (κ2) is 17.5. The molecule has 272 valence electrons. The van der Waals surface area contributed by atoms with Crippen LogP contribution in [0.4, 0.5) is 0 Å². The molecule has 0 aromatic heterocycles. The van der Waals surface area contributed by atoms with E-state index in [1.165, 1.54) is 19.3 Å². The monoisotopic (exact) mass is 691 g/mol. The van der Waals surface area contributed by atoms with Crippen molar-refractivity contribution in [2.45, 2.75) is 95.8 Å². The Kier molecular flexibility index (Phi) is 12.6. The third kappa shape index (κ3) is 10.3. The van der Waals surface area contributed by atoms with Gasteiger partial charge in [-0.15, -0.1) is 0 Å². The molecule has 4 aliphatic carbocycles. The fourth-order valence-corrected chi connectivity index (χ4v) is 9.57. The summed E-state index contributed by atoms with van der Waals surface area (Å²) in [6.45, 7) is 1.62. The Morgan fingerprint density at radius 3 is 1.73 bits per heavy atom. The number of nitrogens with one attached hydrogen (secondary N) is 1. The summed E-state index contributed by atoms with van der Waals surface area (Å²) in [5, 5.41) is 3.21. The molecule has 4 aliphatic rings. The van der Waals surface area contributed by atoms with Crippen molar-refractivity contribution in [1.82, 2.24) is 15.1 Å². The van der Waals surface area contributed by atoms with E-state index < -0.39 is 12.1 Å². The SMILES string of the molecule is NCCCC[C@H](N)C(=O)N[C@@H](Cc1ccccc1)CN(CC(=O)N(Cc1ccccc1)Cc1ccccc1)C(=O)CC12CC3CC(CC(C3)C1)C2. The lowest BCUT2D eigenvalue weighted by atomic mass is 9.49. The first-order chi connectivity index (χ1) is 24.8. The molecule has 0 unspecified atom stereocenters. The first-order valence-electron chi connectivity index (χ1n) is 19.2. The van der Waals surface area contributed by atoms with Gasteiger partial charge in [0.2, 0.25) is 17.7 Å². The molecule has 8 nitrogen and oxygen atoms in total. The molecule has 2 atom stereocenters. The lowest BCUT2D eigenvalue weighted by molar-refractivity contribution is -0.146. The van der Waals surface area contributed by atoms with Crippen molar-refractivity contribution < 1.29 is 14.4 Å². The Morgan fingerprint density at radius 2 is 1.22 bits per heavy atom. The van der Waals surface area contributed by atoms with E-state index >= 15 is 0 Å². The molecule has 8 heteroatoms. The van der Waals surface area contributed by atoms with Crippen LogP contribution in [0.1, 0.15) is 80.9 Å². The van der Waals surface area contributed by atoms with E-state index in [9.17, 15) is 14.4 Å². The lowest BCUT2D eigenvalue weighted by Gasteiger charge is -2.57. The third-order valence-corrected chi connectivity index (χ3v) is 11.6. The van der Waals surface area contributed by atoms with E-state index in [4.69, 9.17) is 11.5 Å². The highest BCUT2D eigenvalue weighted by Gasteiger charge is 2.52. The molecule has 0 aliphatic heterocycles. The number of carbonyl (C=O) groups excluding carboxylic acids is 3. The summed E-state index contributed by atoms with van der Waals surface area (Å²) in [7, 11) is 0. The van der Waals surface area contributed by atoms with E-state index in [-0.39, 0.29) is 36.2 Å². The summed E-state index contributed by atoms with van der Waals surface area (Å²) in [5.74, 6) is 1.84.